The van der Waals surface area contributed by atoms with E-state index in [4.69, 9.17) is 21.3 Å². The van der Waals surface area contributed by atoms with Crippen LogP contribution in [0.2, 0.25) is 5.02 Å². The Balaban J connectivity index is 1.64. The number of anilines is 1. The van der Waals surface area contributed by atoms with E-state index in [1.807, 2.05) is 24.3 Å². The Morgan fingerprint density at radius 2 is 1.55 bits per heavy atom. The van der Waals surface area contributed by atoms with E-state index in [-0.39, 0.29) is 0 Å². The number of benzene rings is 2. The second-order valence-electron chi connectivity index (χ2n) is 7.79. The molecule has 2 aromatic carbocycles. The van der Waals surface area contributed by atoms with Crippen molar-refractivity contribution in [1.82, 2.24) is 4.98 Å². The number of pyridine rings is 1. The maximum absolute atomic E-state index is 6.20. The van der Waals surface area contributed by atoms with E-state index in [1.165, 1.54) is 57.8 Å². The molecule has 156 valence electrons. The largest absolute Gasteiger partial charge is 0.497 e. The molecule has 0 amide bonds. The van der Waals surface area contributed by atoms with Crippen LogP contribution in [0.3, 0.4) is 0 Å². The summed E-state index contributed by atoms with van der Waals surface area (Å²) in [6, 6.07) is 12.0. The summed E-state index contributed by atoms with van der Waals surface area (Å²) in [6.07, 6.45) is 12.0. The van der Waals surface area contributed by atoms with E-state index in [0.717, 1.165) is 39.8 Å². The van der Waals surface area contributed by atoms with Gasteiger partial charge in [0.05, 0.1) is 23.8 Å². The zero-order valence-electron chi connectivity index (χ0n) is 17.8. The highest BCUT2D eigenvalue weighted by molar-refractivity contribution is 6.31. The molecule has 0 aliphatic rings. The van der Waals surface area contributed by atoms with Crippen LogP contribution in [0.1, 0.15) is 64.7 Å². The van der Waals surface area contributed by atoms with Crippen LogP contribution < -0.4 is 10.1 Å². The van der Waals surface area contributed by atoms with Gasteiger partial charge >= 0.3 is 0 Å². The van der Waals surface area contributed by atoms with Gasteiger partial charge in [-0.1, -0.05) is 69.9 Å². The van der Waals surface area contributed by atoms with Crippen molar-refractivity contribution in [3.05, 3.63) is 41.4 Å². The summed E-state index contributed by atoms with van der Waals surface area (Å²) in [5, 5.41) is 6.59. The molecule has 0 atom stereocenters. The van der Waals surface area contributed by atoms with Crippen molar-refractivity contribution in [2.75, 3.05) is 19.0 Å². The molecule has 1 N–H and O–H groups in total. The standard InChI is InChI=1S/C25H33ClN2O/c1-3-4-5-6-7-8-9-10-11-16-27-25-21-14-12-19(26)17-24(21)28-23-15-13-20(29-2)18-22(23)25/h12-15,17-18H,3-11,16H2,1-2H3,(H,27,28). The van der Waals surface area contributed by atoms with Gasteiger partial charge in [0, 0.05) is 22.3 Å². The fourth-order valence-electron chi connectivity index (χ4n) is 3.86. The third-order valence-corrected chi connectivity index (χ3v) is 5.76. The molecule has 1 heterocycles. The molecule has 3 rings (SSSR count). The fourth-order valence-corrected chi connectivity index (χ4v) is 4.03. The molecule has 29 heavy (non-hydrogen) atoms. The quantitative estimate of drug-likeness (QED) is 0.241. The molecule has 0 aliphatic heterocycles. The Kier molecular flexibility index (Phi) is 8.42. The predicted molar refractivity (Wildman–Crippen MR) is 127 cm³/mol. The Labute approximate surface area is 179 Å². The van der Waals surface area contributed by atoms with Gasteiger partial charge in [0.25, 0.3) is 0 Å². The zero-order valence-corrected chi connectivity index (χ0v) is 18.5. The van der Waals surface area contributed by atoms with Gasteiger partial charge in [-0.25, -0.2) is 4.98 Å². The second kappa shape index (κ2) is 11.3. The third-order valence-electron chi connectivity index (χ3n) is 5.53. The second-order valence-corrected chi connectivity index (χ2v) is 8.22. The number of unbranched alkanes of at least 4 members (excludes halogenated alkanes) is 8. The molecule has 0 saturated carbocycles. The van der Waals surface area contributed by atoms with Gasteiger partial charge in [0.15, 0.2) is 0 Å². The Morgan fingerprint density at radius 1 is 0.828 bits per heavy atom. The van der Waals surface area contributed by atoms with Crippen molar-refractivity contribution in [3.63, 3.8) is 0 Å². The number of nitrogens with one attached hydrogen (secondary N) is 1. The number of methoxy groups -OCH3 is 1. The highest BCUT2D eigenvalue weighted by Crippen LogP contribution is 2.34. The number of fused-ring (bicyclic) bond motifs is 2. The van der Waals surface area contributed by atoms with Crippen LogP contribution in [0, 0.1) is 0 Å². The number of hydrogen-bond acceptors (Lipinski definition) is 3. The number of ether oxygens (including phenoxy) is 1. The Hall–Kier alpha value is -2.00. The van der Waals surface area contributed by atoms with Crippen molar-refractivity contribution < 1.29 is 4.74 Å². The average Bonchev–Trinajstić information content (AvgIpc) is 2.73. The lowest BCUT2D eigenvalue weighted by Crippen LogP contribution is -2.04. The summed E-state index contributed by atoms with van der Waals surface area (Å²) in [5.74, 6) is 0.846. The monoisotopic (exact) mass is 412 g/mol. The van der Waals surface area contributed by atoms with E-state index in [0.29, 0.717) is 5.02 Å². The summed E-state index contributed by atoms with van der Waals surface area (Å²) >= 11 is 6.20. The number of halogens is 1. The number of nitrogens with zero attached hydrogens (tertiary/aromatic N) is 1. The maximum atomic E-state index is 6.20. The van der Waals surface area contributed by atoms with Crippen LogP contribution in [0.25, 0.3) is 21.8 Å². The topological polar surface area (TPSA) is 34.2 Å². The Bertz CT molecular complexity index is 925. The number of rotatable bonds is 12. The van der Waals surface area contributed by atoms with E-state index in [1.54, 1.807) is 7.11 Å². The van der Waals surface area contributed by atoms with Gasteiger partial charge in [0.1, 0.15) is 5.75 Å². The molecule has 0 radical (unpaired) electrons. The van der Waals surface area contributed by atoms with Gasteiger partial charge in [-0.2, -0.15) is 0 Å². The highest BCUT2D eigenvalue weighted by Gasteiger charge is 2.10. The predicted octanol–water partition coefficient (Wildman–Crippen LogP) is 7.99. The van der Waals surface area contributed by atoms with Gasteiger partial charge in [0.2, 0.25) is 0 Å². The van der Waals surface area contributed by atoms with Crippen LogP contribution in [0.5, 0.6) is 5.75 Å². The average molecular weight is 413 g/mol. The minimum atomic E-state index is 0.711. The van der Waals surface area contributed by atoms with Gasteiger partial charge in [-0.05, 0) is 42.8 Å². The SMILES string of the molecule is CCCCCCCCCCCNc1c2ccc(Cl)cc2nc2ccc(OC)cc12. The summed E-state index contributed by atoms with van der Waals surface area (Å²) in [6.45, 7) is 3.23. The molecule has 0 spiro atoms. The van der Waals surface area contributed by atoms with Crippen molar-refractivity contribution in [2.24, 2.45) is 0 Å². The molecule has 1 aromatic heterocycles. The summed E-state index contributed by atoms with van der Waals surface area (Å²) in [5.41, 5.74) is 3.00. The number of aromatic nitrogens is 1. The molecule has 0 fully saturated rings. The lowest BCUT2D eigenvalue weighted by Gasteiger charge is -2.14. The van der Waals surface area contributed by atoms with Gasteiger partial charge in [-0.15, -0.1) is 0 Å². The molecule has 0 saturated heterocycles. The molecule has 0 bridgehead atoms. The highest BCUT2D eigenvalue weighted by atomic mass is 35.5. The minimum Gasteiger partial charge on any atom is -0.497 e. The molecule has 3 nitrogen and oxygen atoms in total. The van der Waals surface area contributed by atoms with Crippen LogP contribution in [-0.4, -0.2) is 18.6 Å². The molecule has 3 aromatic rings. The lowest BCUT2D eigenvalue weighted by molar-refractivity contribution is 0.415. The van der Waals surface area contributed by atoms with Gasteiger partial charge < -0.3 is 10.1 Å². The summed E-state index contributed by atoms with van der Waals surface area (Å²) in [7, 11) is 1.70. The maximum Gasteiger partial charge on any atom is 0.119 e. The molecule has 0 aliphatic carbocycles. The lowest BCUT2D eigenvalue weighted by atomic mass is 10.1. The molecular weight excluding hydrogens is 380 g/mol. The van der Waals surface area contributed by atoms with Crippen LogP contribution in [0.4, 0.5) is 5.69 Å². The zero-order chi connectivity index (χ0) is 20.5. The van der Waals surface area contributed by atoms with E-state index in [9.17, 15) is 0 Å². The molecular formula is C25H33ClN2O. The Morgan fingerprint density at radius 3 is 2.28 bits per heavy atom. The van der Waals surface area contributed by atoms with Gasteiger partial charge in [-0.3, -0.25) is 0 Å². The van der Waals surface area contributed by atoms with E-state index < -0.39 is 0 Å². The van der Waals surface area contributed by atoms with Crippen LogP contribution in [0.15, 0.2) is 36.4 Å². The minimum absolute atomic E-state index is 0.711. The summed E-state index contributed by atoms with van der Waals surface area (Å²) in [4.78, 5) is 4.79. The first kappa shape index (κ1) is 21.7. The van der Waals surface area contributed by atoms with Crippen molar-refractivity contribution in [1.29, 1.82) is 0 Å². The molecule has 4 heteroatoms. The van der Waals surface area contributed by atoms with Crippen LogP contribution >= 0.6 is 11.6 Å². The first-order chi connectivity index (χ1) is 14.2. The van der Waals surface area contributed by atoms with Crippen molar-refractivity contribution in [2.45, 2.75) is 64.7 Å². The first-order valence-electron chi connectivity index (χ1n) is 11.0. The fraction of sp³-hybridized carbons (Fsp3) is 0.480. The van der Waals surface area contributed by atoms with Crippen molar-refractivity contribution >= 4 is 39.1 Å². The van der Waals surface area contributed by atoms with Crippen molar-refractivity contribution in [3.8, 4) is 5.75 Å². The van der Waals surface area contributed by atoms with E-state index in [2.05, 4.69) is 24.4 Å². The van der Waals surface area contributed by atoms with E-state index >= 15 is 0 Å². The van der Waals surface area contributed by atoms with Crippen LogP contribution in [-0.2, 0) is 0 Å². The first-order valence-corrected chi connectivity index (χ1v) is 11.4. The summed E-state index contributed by atoms with van der Waals surface area (Å²) < 4.78 is 5.44. The smallest absolute Gasteiger partial charge is 0.119 e. The number of hydrogen-bond donors (Lipinski definition) is 1. The third kappa shape index (κ3) is 5.99. The normalized spacial score (nSPS) is 11.3. The molecule has 0 unspecified atom stereocenters.